The normalized spacial score (nSPS) is 19.0. The standard InChI is InChI=1S/C22H25N3O5/c1-2-29-19(26)18-13-16-12-15(14-6-10-28-11-7-14)4-5-17(16)25(18)22(8-3-9-22)20-23-21(27)30-24-20/h4-5,12-14H,2-3,6-11H2,1H3,(H,23,24,27). The van der Waals surface area contributed by atoms with Gasteiger partial charge in [0.2, 0.25) is 0 Å². The van der Waals surface area contributed by atoms with E-state index in [4.69, 9.17) is 14.0 Å². The number of rotatable bonds is 5. The molecule has 0 bridgehead atoms. The quantitative estimate of drug-likeness (QED) is 0.647. The monoisotopic (exact) mass is 411 g/mol. The lowest BCUT2D eigenvalue weighted by atomic mass is 9.75. The summed E-state index contributed by atoms with van der Waals surface area (Å²) in [7, 11) is 0. The Hall–Kier alpha value is -2.87. The van der Waals surface area contributed by atoms with Crippen LogP contribution in [-0.2, 0) is 15.0 Å². The van der Waals surface area contributed by atoms with Gasteiger partial charge >= 0.3 is 11.7 Å². The number of esters is 1. The van der Waals surface area contributed by atoms with Gasteiger partial charge in [0, 0.05) is 24.1 Å². The average Bonchev–Trinajstić information content (AvgIpc) is 3.32. The molecule has 8 nitrogen and oxygen atoms in total. The Morgan fingerprint density at radius 2 is 2.10 bits per heavy atom. The number of hydrogen-bond donors (Lipinski definition) is 1. The highest BCUT2D eigenvalue weighted by atomic mass is 16.5. The van der Waals surface area contributed by atoms with Crippen LogP contribution in [0, 0.1) is 0 Å². The summed E-state index contributed by atoms with van der Waals surface area (Å²) in [5, 5.41) is 4.97. The van der Waals surface area contributed by atoms with Crippen LogP contribution in [0.5, 0.6) is 0 Å². The summed E-state index contributed by atoms with van der Waals surface area (Å²) >= 11 is 0. The van der Waals surface area contributed by atoms with Gasteiger partial charge in [0.05, 0.1) is 6.61 Å². The Labute approximate surface area is 173 Å². The van der Waals surface area contributed by atoms with Crippen molar-refractivity contribution in [3.8, 4) is 0 Å². The number of nitrogens with one attached hydrogen (secondary N) is 1. The number of ether oxygens (including phenoxy) is 2. The molecular weight excluding hydrogens is 386 g/mol. The zero-order valence-corrected chi connectivity index (χ0v) is 17.0. The fourth-order valence-electron chi connectivity index (χ4n) is 4.84. The van der Waals surface area contributed by atoms with E-state index in [0.717, 1.165) is 56.2 Å². The molecule has 0 atom stereocenters. The van der Waals surface area contributed by atoms with Gasteiger partial charge in [0.1, 0.15) is 11.2 Å². The SMILES string of the molecule is CCOC(=O)c1cc2cc(C3CCOCC3)ccc2n1C1(c2noc(=O)[nH]2)CCC1. The molecule has 1 aliphatic heterocycles. The van der Waals surface area contributed by atoms with Crippen molar-refractivity contribution >= 4 is 16.9 Å². The molecule has 30 heavy (non-hydrogen) atoms. The van der Waals surface area contributed by atoms with Gasteiger partial charge in [0.25, 0.3) is 0 Å². The second-order valence-electron chi connectivity index (χ2n) is 8.12. The molecule has 158 valence electrons. The van der Waals surface area contributed by atoms with E-state index < -0.39 is 11.3 Å². The summed E-state index contributed by atoms with van der Waals surface area (Å²) in [4.78, 5) is 27.2. The molecule has 1 saturated heterocycles. The first-order chi connectivity index (χ1) is 14.6. The van der Waals surface area contributed by atoms with E-state index in [9.17, 15) is 9.59 Å². The Morgan fingerprint density at radius 3 is 2.73 bits per heavy atom. The van der Waals surface area contributed by atoms with Crippen molar-refractivity contribution in [1.29, 1.82) is 0 Å². The fraction of sp³-hybridized carbons (Fsp3) is 0.500. The molecule has 5 rings (SSSR count). The highest BCUT2D eigenvalue weighted by molar-refractivity contribution is 5.96. The summed E-state index contributed by atoms with van der Waals surface area (Å²) < 4.78 is 17.6. The van der Waals surface area contributed by atoms with Crippen LogP contribution < -0.4 is 5.76 Å². The van der Waals surface area contributed by atoms with Crippen molar-refractivity contribution in [2.45, 2.75) is 50.5 Å². The maximum absolute atomic E-state index is 12.9. The Kier molecular flexibility index (Phi) is 4.73. The largest absolute Gasteiger partial charge is 0.461 e. The molecule has 3 aromatic rings. The number of carbonyl (C=O) groups is 1. The maximum atomic E-state index is 12.9. The molecule has 0 unspecified atom stereocenters. The Bertz CT molecular complexity index is 1130. The number of aromatic nitrogens is 3. The number of carbonyl (C=O) groups excluding carboxylic acids is 1. The van der Waals surface area contributed by atoms with E-state index in [1.165, 1.54) is 5.56 Å². The van der Waals surface area contributed by atoms with Crippen molar-refractivity contribution in [2.75, 3.05) is 19.8 Å². The minimum atomic E-state index is -0.615. The number of hydrogen-bond acceptors (Lipinski definition) is 6. The minimum absolute atomic E-state index is 0.293. The zero-order chi connectivity index (χ0) is 20.7. The molecule has 1 saturated carbocycles. The molecule has 1 N–H and O–H groups in total. The summed E-state index contributed by atoms with van der Waals surface area (Å²) in [6.45, 7) is 3.64. The van der Waals surface area contributed by atoms with Gasteiger partial charge < -0.3 is 14.0 Å². The fourth-order valence-corrected chi connectivity index (χ4v) is 4.84. The van der Waals surface area contributed by atoms with Gasteiger partial charge in [-0.05, 0) is 68.7 Å². The van der Waals surface area contributed by atoms with Crippen LogP contribution in [0.4, 0.5) is 0 Å². The van der Waals surface area contributed by atoms with E-state index >= 15 is 0 Å². The third-order valence-electron chi connectivity index (χ3n) is 6.49. The first-order valence-electron chi connectivity index (χ1n) is 10.6. The molecular formula is C22H25N3O5. The summed E-state index contributed by atoms with van der Waals surface area (Å²) in [5.74, 6) is -0.0527. The number of H-pyrrole nitrogens is 1. The zero-order valence-electron chi connectivity index (χ0n) is 17.0. The van der Waals surface area contributed by atoms with Gasteiger partial charge in [-0.2, -0.15) is 0 Å². The first-order valence-corrected chi connectivity index (χ1v) is 10.6. The molecule has 3 heterocycles. The second kappa shape index (κ2) is 7.43. The highest BCUT2D eigenvalue weighted by Gasteiger charge is 2.46. The van der Waals surface area contributed by atoms with Gasteiger partial charge in [-0.1, -0.05) is 11.2 Å². The van der Waals surface area contributed by atoms with Crippen LogP contribution >= 0.6 is 0 Å². The predicted molar refractivity (Wildman–Crippen MR) is 109 cm³/mol. The first kappa shape index (κ1) is 19.1. The van der Waals surface area contributed by atoms with Crippen LogP contribution in [0.1, 0.15) is 66.8 Å². The van der Waals surface area contributed by atoms with E-state index in [-0.39, 0.29) is 5.97 Å². The average molecular weight is 411 g/mol. The van der Waals surface area contributed by atoms with Crippen LogP contribution in [0.3, 0.4) is 0 Å². The van der Waals surface area contributed by atoms with Crippen LogP contribution in [0.25, 0.3) is 10.9 Å². The molecule has 1 aromatic carbocycles. The molecule has 0 radical (unpaired) electrons. The van der Waals surface area contributed by atoms with Gasteiger partial charge in [0.15, 0.2) is 5.82 Å². The lowest BCUT2D eigenvalue weighted by Crippen LogP contribution is -2.44. The second-order valence-corrected chi connectivity index (χ2v) is 8.12. The van der Waals surface area contributed by atoms with Crippen molar-refractivity contribution in [3.63, 3.8) is 0 Å². The van der Waals surface area contributed by atoms with E-state index in [1.54, 1.807) is 6.92 Å². The van der Waals surface area contributed by atoms with E-state index in [0.29, 0.717) is 24.0 Å². The number of aromatic amines is 1. The summed E-state index contributed by atoms with van der Waals surface area (Å²) in [5.41, 5.74) is 2.05. The smallest absolute Gasteiger partial charge is 0.438 e. The highest BCUT2D eigenvalue weighted by Crippen LogP contribution is 2.46. The topological polar surface area (TPSA) is 99.3 Å². The molecule has 2 fully saturated rings. The third kappa shape index (κ3) is 2.98. The van der Waals surface area contributed by atoms with E-state index in [1.807, 2.05) is 10.6 Å². The van der Waals surface area contributed by atoms with Crippen molar-refractivity contribution in [2.24, 2.45) is 0 Å². The molecule has 1 aliphatic carbocycles. The Morgan fingerprint density at radius 1 is 1.30 bits per heavy atom. The third-order valence-corrected chi connectivity index (χ3v) is 6.49. The predicted octanol–water partition coefficient (Wildman–Crippen LogP) is 3.32. The van der Waals surface area contributed by atoms with Gasteiger partial charge in [-0.25, -0.2) is 9.59 Å². The lowest BCUT2D eigenvalue weighted by Gasteiger charge is -2.42. The maximum Gasteiger partial charge on any atom is 0.438 e. The molecule has 8 heteroatoms. The number of nitrogens with zero attached hydrogens (tertiary/aromatic N) is 2. The molecule has 2 aliphatic rings. The number of fused-ring (bicyclic) bond motifs is 1. The summed E-state index contributed by atoms with van der Waals surface area (Å²) in [6, 6.07) is 8.28. The number of benzene rings is 1. The van der Waals surface area contributed by atoms with Crippen LogP contribution in [0.2, 0.25) is 0 Å². The Balaban J connectivity index is 1.67. The van der Waals surface area contributed by atoms with E-state index in [2.05, 4.69) is 28.3 Å². The molecule has 0 amide bonds. The minimum Gasteiger partial charge on any atom is -0.461 e. The molecule has 2 aromatic heterocycles. The van der Waals surface area contributed by atoms with Crippen molar-refractivity contribution in [1.82, 2.24) is 14.7 Å². The van der Waals surface area contributed by atoms with Gasteiger partial charge in [-0.3, -0.25) is 9.51 Å². The van der Waals surface area contributed by atoms with Crippen molar-refractivity contribution in [3.05, 3.63) is 51.9 Å². The van der Waals surface area contributed by atoms with Crippen LogP contribution in [0.15, 0.2) is 33.6 Å². The van der Waals surface area contributed by atoms with Crippen LogP contribution in [-0.4, -0.2) is 40.5 Å². The van der Waals surface area contributed by atoms with Gasteiger partial charge in [-0.15, -0.1) is 0 Å². The molecule has 0 spiro atoms. The van der Waals surface area contributed by atoms with Crippen molar-refractivity contribution < 1.29 is 18.8 Å². The lowest BCUT2D eigenvalue weighted by molar-refractivity contribution is 0.0496. The summed E-state index contributed by atoms with van der Waals surface area (Å²) in [6.07, 6.45) is 4.49.